The number of carbonyl (C=O) groups excluding carboxylic acids is 1. The van der Waals surface area contributed by atoms with Crippen LogP contribution >= 0.6 is 12.6 Å². The van der Waals surface area contributed by atoms with Gasteiger partial charge in [-0.2, -0.15) is 12.6 Å². The number of carbonyl (C=O) groups is 1. The molecule has 2 radical (unpaired) electrons. The van der Waals surface area contributed by atoms with E-state index in [0.717, 1.165) is 19.3 Å². The first kappa shape index (κ1) is 36.7. The monoisotopic (exact) mass is 606 g/mol. The van der Waals surface area contributed by atoms with Crippen molar-refractivity contribution in [1.82, 2.24) is 0 Å². The third-order valence-electron chi connectivity index (χ3n) is 6.57. The fourth-order valence-electron chi connectivity index (χ4n) is 4.20. The normalized spacial score (nSPS) is 11.6. The Morgan fingerprint density at radius 3 is 1.26 bits per heavy atom. The predicted octanol–water partition coefficient (Wildman–Crippen LogP) is 8.94. The Morgan fingerprint density at radius 1 is 0.647 bits per heavy atom. The minimum absolute atomic E-state index is 0.326. The molecule has 0 aliphatic rings. The van der Waals surface area contributed by atoms with Crippen LogP contribution in [0.3, 0.4) is 0 Å². The van der Waals surface area contributed by atoms with Crippen LogP contribution in [0.5, 0.6) is 0 Å². The molecule has 202 valence electrons. The standard InChI is InChI=1S/C21H42O3S.C8H17.Sn/c1-2-3-4-5-6-7-8-9-10-11-12-13-14-15-16-17-18-20(19-25)21(22)24-23;1-3-5-7-8-6-4-2;/h20,23,25H,2-19H2,1H3;1,3-8H2,2H3;/q;;+1/p-1. The third-order valence-corrected chi connectivity index (χ3v) is 8.02. The van der Waals surface area contributed by atoms with Crippen molar-refractivity contribution in [3.05, 3.63) is 0 Å². The number of hydrogen-bond donors (Lipinski definition) is 1. The van der Waals surface area contributed by atoms with Gasteiger partial charge in [0.25, 0.3) is 0 Å². The van der Waals surface area contributed by atoms with Gasteiger partial charge >= 0.3 is 78.4 Å². The molecule has 0 aliphatic heterocycles. The van der Waals surface area contributed by atoms with Crippen molar-refractivity contribution >= 4 is 41.1 Å². The Balaban J connectivity index is 0. The van der Waals surface area contributed by atoms with Crippen LogP contribution in [-0.4, -0.2) is 34.2 Å². The summed E-state index contributed by atoms with van der Waals surface area (Å²) < 4.78 is 1.46. The fraction of sp³-hybridized carbons (Fsp3) is 0.966. The van der Waals surface area contributed by atoms with E-state index in [1.54, 1.807) is 22.5 Å². The summed E-state index contributed by atoms with van der Waals surface area (Å²) in [6, 6.07) is 0. The zero-order valence-electron chi connectivity index (χ0n) is 22.9. The van der Waals surface area contributed by atoms with E-state index < -0.39 is 5.97 Å². The second-order valence-corrected chi connectivity index (χ2v) is 11.7. The maximum absolute atomic E-state index is 11.2. The molecule has 0 rings (SSSR count). The summed E-state index contributed by atoms with van der Waals surface area (Å²) in [6.07, 6.45) is 30.8. The third kappa shape index (κ3) is 30.6. The summed E-state index contributed by atoms with van der Waals surface area (Å²) in [7, 11) is 0. The molecule has 0 aliphatic carbocycles. The fourth-order valence-corrected chi connectivity index (χ4v) is 5.24. The molecule has 0 fully saturated rings. The summed E-state index contributed by atoms with van der Waals surface area (Å²) in [5.74, 6) is -0.580. The summed E-state index contributed by atoms with van der Waals surface area (Å²) in [6.45, 7) is 4.54. The average molecular weight is 606 g/mol. The zero-order chi connectivity index (χ0) is 25.5. The van der Waals surface area contributed by atoms with Gasteiger partial charge in [0.1, 0.15) is 0 Å². The Labute approximate surface area is 232 Å². The molecule has 0 saturated heterocycles. The van der Waals surface area contributed by atoms with Crippen molar-refractivity contribution < 1.29 is 14.9 Å². The Bertz CT molecular complexity index is 376. The quantitative estimate of drug-likeness (QED) is 0.0372. The first-order valence-corrected chi connectivity index (χ1v) is 17.4. The maximum atomic E-state index is 11.2. The van der Waals surface area contributed by atoms with Crippen molar-refractivity contribution in [3.63, 3.8) is 0 Å². The van der Waals surface area contributed by atoms with Gasteiger partial charge in [-0.25, -0.2) is 0 Å². The summed E-state index contributed by atoms with van der Waals surface area (Å²) in [5.41, 5.74) is 0. The van der Waals surface area contributed by atoms with E-state index in [0.29, 0.717) is 5.75 Å². The zero-order valence-corrected chi connectivity index (χ0v) is 26.7. The van der Waals surface area contributed by atoms with Crippen molar-refractivity contribution in [2.45, 2.75) is 166 Å². The molecule has 0 aromatic rings. The van der Waals surface area contributed by atoms with E-state index in [9.17, 15) is 10.1 Å². The van der Waals surface area contributed by atoms with Crippen LogP contribution in [0.15, 0.2) is 0 Å². The minimum atomic E-state index is -0.657. The van der Waals surface area contributed by atoms with Gasteiger partial charge in [0, 0.05) is 5.75 Å². The molecule has 3 nitrogen and oxygen atoms in total. The van der Waals surface area contributed by atoms with Gasteiger partial charge in [0.15, 0.2) is 0 Å². The van der Waals surface area contributed by atoms with Crippen LogP contribution in [0.25, 0.3) is 0 Å². The van der Waals surface area contributed by atoms with Crippen molar-refractivity contribution in [3.8, 4) is 0 Å². The number of rotatable bonds is 25. The van der Waals surface area contributed by atoms with Crippen LogP contribution in [0.2, 0.25) is 4.44 Å². The number of hydrogen-bond acceptors (Lipinski definition) is 4. The molecule has 0 amide bonds. The van der Waals surface area contributed by atoms with Crippen LogP contribution in [-0.2, 0) is 9.68 Å². The summed E-state index contributed by atoms with van der Waals surface area (Å²) in [5, 5.41) is 10.1. The topological polar surface area (TPSA) is 49.4 Å². The Kier molecular flexibility index (Phi) is 36.3. The molecule has 1 unspecified atom stereocenters. The molecule has 0 heterocycles. The second-order valence-electron chi connectivity index (χ2n) is 9.89. The number of thiol groups is 1. The van der Waals surface area contributed by atoms with E-state index >= 15 is 0 Å². The van der Waals surface area contributed by atoms with Crippen LogP contribution in [0.1, 0.15) is 162 Å². The molecule has 0 bridgehead atoms. The first-order chi connectivity index (χ1) is 16.7. The SMILES string of the molecule is CCCCCCCCCCCCCCCCCCC(CS)C(=O)O[O-].CCCCCCC[CH2][Sn+]. The van der Waals surface area contributed by atoms with Crippen molar-refractivity contribution in [1.29, 1.82) is 0 Å². The van der Waals surface area contributed by atoms with Crippen molar-refractivity contribution in [2.24, 2.45) is 5.92 Å². The van der Waals surface area contributed by atoms with Gasteiger partial charge in [-0.1, -0.05) is 110 Å². The molecule has 0 saturated carbocycles. The first-order valence-electron chi connectivity index (χ1n) is 14.8. The summed E-state index contributed by atoms with van der Waals surface area (Å²) >= 11 is 5.81. The predicted molar refractivity (Wildman–Crippen MR) is 152 cm³/mol. The van der Waals surface area contributed by atoms with Crippen molar-refractivity contribution in [2.75, 3.05) is 5.75 Å². The molecule has 0 N–H and O–H groups in total. The van der Waals surface area contributed by atoms with Gasteiger partial charge in [-0.3, -0.25) is 4.79 Å². The molecule has 1 atom stereocenters. The van der Waals surface area contributed by atoms with Crippen LogP contribution in [0, 0.1) is 5.92 Å². The molecule has 5 heteroatoms. The molecule has 34 heavy (non-hydrogen) atoms. The van der Waals surface area contributed by atoms with E-state index in [4.69, 9.17) is 0 Å². The van der Waals surface area contributed by atoms with Gasteiger partial charge < -0.3 is 10.1 Å². The van der Waals surface area contributed by atoms with E-state index in [1.807, 2.05) is 0 Å². The molecular weight excluding hydrogens is 547 g/mol. The van der Waals surface area contributed by atoms with E-state index in [1.165, 1.54) is 133 Å². The molecular formula is C29H58O3SSn. The molecule has 0 aromatic carbocycles. The van der Waals surface area contributed by atoms with Crippen LogP contribution in [0.4, 0.5) is 0 Å². The number of unbranched alkanes of at least 4 members (excludes halogenated alkanes) is 20. The Morgan fingerprint density at radius 2 is 0.971 bits per heavy atom. The van der Waals surface area contributed by atoms with Gasteiger partial charge in [-0.05, 0) is 6.42 Å². The van der Waals surface area contributed by atoms with Crippen LogP contribution < -0.4 is 5.26 Å². The molecule has 0 spiro atoms. The Hall–Kier alpha value is 0.579. The summed E-state index contributed by atoms with van der Waals surface area (Å²) in [4.78, 5) is 14.7. The van der Waals surface area contributed by atoms with E-state index in [2.05, 4.69) is 31.4 Å². The van der Waals surface area contributed by atoms with Gasteiger partial charge in [0.2, 0.25) is 0 Å². The van der Waals surface area contributed by atoms with Gasteiger partial charge in [-0.15, -0.1) is 0 Å². The molecule has 0 aromatic heterocycles. The van der Waals surface area contributed by atoms with E-state index in [-0.39, 0.29) is 5.92 Å². The van der Waals surface area contributed by atoms with Gasteiger partial charge in [0.05, 0.1) is 5.92 Å². The average Bonchev–Trinajstić information content (AvgIpc) is 2.86. The second kappa shape index (κ2) is 33.6.